The number of benzene rings is 8. The van der Waals surface area contributed by atoms with Crippen LogP contribution in [-0.2, 0) is 0 Å². The van der Waals surface area contributed by atoms with Crippen LogP contribution in [0.5, 0.6) is 0 Å². The molecule has 0 aliphatic heterocycles. The lowest BCUT2D eigenvalue weighted by Crippen LogP contribution is -2.10. The number of hydrogen-bond acceptors (Lipinski definition) is 3. The molecule has 0 aliphatic rings. The maximum absolute atomic E-state index is 2.42. The summed E-state index contributed by atoms with van der Waals surface area (Å²) >= 11 is 3.75. The first-order valence-electron chi connectivity index (χ1n) is 17.3. The van der Waals surface area contributed by atoms with Gasteiger partial charge in [-0.05, 0) is 75.8 Å². The molecule has 2 aromatic heterocycles. The molecular weight excluding hydrogens is 655 g/mol. The van der Waals surface area contributed by atoms with E-state index >= 15 is 0 Å². The standard InChI is InChI=1S/C48H31NS2/c1-2-10-32(11-3-1)33-20-22-34(23-21-33)35-24-28-37(29-25-35)49(44-17-9-16-43-41-13-5-7-19-46(41)51-48(43)44)38-30-26-36(27-31-38)39-14-8-15-42-40-12-4-6-18-45(40)50-47(39)42/h1-31H. The van der Waals surface area contributed by atoms with Gasteiger partial charge in [0.2, 0.25) is 0 Å². The maximum Gasteiger partial charge on any atom is 0.0640 e. The number of hydrogen-bond donors (Lipinski definition) is 0. The predicted octanol–water partition coefficient (Wildman–Crippen LogP) is 14.9. The van der Waals surface area contributed by atoms with Crippen LogP contribution in [0.2, 0.25) is 0 Å². The monoisotopic (exact) mass is 685 g/mol. The third-order valence-electron chi connectivity index (χ3n) is 9.92. The third kappa shape index (κ3) is 5.21. The second-order valence-electron chi connectivity index (χ2n) is 12.9. The minimum Gasteiger partial charge on any atom is -0.309 e. The average Bonchev–Trinajstić information content (AvgIpc) is 3.78. The van der Waals surface area contributed by atoms with E-state index in [0.717, 1.165) is 11.4 Å². The van der Waals surface area contributed by atoms with Gasteiger partial charge in [0.15, 0.2) is 0 Å². The van der Waals surface area contributed by atoms with E-state index in [1.54, 1.807) is 0 Å². The van der Waals surface area contributed by atoms with Crippen molar-refractivity contribution in [3.05, 3.63) is 188 Å². The van der Waals surface area contributed by atoms with Crippen LogP contribution < -0.4 is 4.90 Å². The highest BCUT2D eigenvalue weighted by molar-refractivity contribution is 7.26. The Morgan fingerprint density at radius 2 is 0.725 bits per heavy atom. The summed E-state index contributed by atoms with van der Waals surface area (Å²) < 4.78 is 5.26. The maximum atomic E-state index is 2.42. The summed E-state index contributed by atoms with van der Waals surface area (Å²) in [5.41, 5.74) is 10.8. The molecule has 10 aromatic rings. The van der Waals surface area contributed by atoms with Gasteiger partial charge in [0.1, 0.15) is 0 Å². The Morgan fingerprint density at radius 1 is 0.294 bits per heavy atom. The van der Waals surface area contributed by atoms with Gasteiger partial charge in [-0.15, -0.1) is 22.7 Å². The van der Waals surface area contributed by atoms with Crippen LogP contribution in [0.15, 0.2) is 188 Å². The van der Waals surface area contributed by atoms with E-state index in [0.29, 0.717) is 0 Å². The molecule has 8 aromatic carbocycles. The Bertz CT molecular complexity index is 2830. The molecule has 0 fully saturated rings. The first-order valence-corrected chi connectivity index (χ1v) is 18.9. The fraction of sp³-hybridized carbons (Fsp3) is 0. The molecule has 10 rings (SSSR count). The summed E-state index contributed by atoms with van der Waals surface area (Å²) in [7, 11) is 0. The molecule has 0 saturated carbocycles. The van der Waals surface area contributed by atoms with Gasteiger partial charge in [-0.3, -0.25) is 0 Å². The highest BCUT2D eigenvalue weighted by atomic mass is 32.1. The second-order valence-corrected chi connectivity index (χ2v) is 15.0. The predicted molar refractivity (Wildman–Crippen MR) is 223 cm³/mol. The van der Waals surface area contributed by atoms with Crippen molar-refractivity contribution in [3.8, 4) is 33.4 Å². The Kier molecular flexibility index (Phi) is 7.26. The van der Waals surface area contributed by atoms with Crippen molar-refractivity contribution in [1.82, 2.24) is 0 Å². The van der Waals surface area contributed by atoms with Crippen molar-refractivity contribution in [2.45, 2.75) is 0 Å². The molecule has 2 heterocycles. The quantitative estimate of drug-likeness (QED) is 0.168. The Morgan fingerprint density at radius 3 is 1.33 bits per heavy atom. The average molecular weight is 686 g/mol. The smallest absolute Gasteiger partial charge is 0.0640 e. The van der Waals surface area contributed by atoms with Crippen LogP contribution in [0.3, 0.4) is 0 Å². The Labute approximate surface area is 304 Å². The molecule has 0 aliphatic carbocycles. The van der Waals surface area contributed by atoms with Crippen molar-refractivity contribution < 1.29 is 0 Å². The molecule has 0 radical (unpaired) electrons. The molecule has 1 nitrogen and oxygen atoms in total. The molecule has 0 amide bonds. The van der Waals surface area contributed by atoms with Crippen LogP contribution in [0.1, 0.15) is 0 Å². The van der Waals surface area contributed by atoms with Crippen molar-refractivity contribution in [2.24, 2.45) is 0 Å². The molecular formula is C48H31NS2. The number of nitrogens with zero attached hydrogens (tertiary/aromatic N) is 1. The van der Waals surface area contributed by atoms with Crippen molar-refractivity contribution in [3.63, 3.8) is 0 Å². The molecule has 0 spiro atoms. The van der Waals surface area contributed by atoms with Crippen LogP contribution in [-0.4, -0.2) is 0 Å². The molecule has 3 heteroatoms. The zero-order valence-corrected chi connectivity index (χ0v) is 29.3. The fourth-order valence-electron chi connectivity index (χ4n) is 7.39. The third-order valence-corrected chi connectivity index (χ3v) is 12.3. The van der Waals surface area contributed by atoms with Gasteiger partial charge < -0.3 is 4.90 Å². The van der Waals surface area contributed by atoms with Gasteiger partial charge >= 0.3 is 0 Å². The van der Waals surface area contributed by atoms with E-state index in [9.17, 15) is 0 Å². The number of fused-ring (bicyclic) bond motifs is 6. The van der Waals surface area contributed by atoms with E-state index in [1.807, 2.05) is 22.7 Å². The summed E-state index contributed by atoms with van der Waals surface area (Å²) in [5.74, 6) is 0. The number of thiophene rings is 2. The van der Waals surface area contributed by atoms with Crippen LogP contribution >= 0.6 is 22.7 Å². The van der Waals surface area contributed by atoms with Crippen LogP contribution in [0, 0.1) is 0 Å². The second kappa shape index (κ2) is 12.4. The molecule has 0 bridgehead atoms. The lowest BCUT2D eigenvalue weighted by Gasteiger charge is -2.26. The first-order chi connectivity index (χ1) is 25.3. The van der Waals surface area contributed by atoms with Gasteiger partial charge in [-0.25, -0.2) is 0 Å². The highest BCUT2D eigenvalue weighted by Crippen LogP contribution is 2.46. The number of anilines is 3. The van der Waals surface area contributed by atoms with E-state index in [1.165, 1.54) is 79.4 Å². The van der Waals surface area contributed by atoms with Crippen LogP contribution in [0.25, 0.3) is 73.7 Å². The first kappa shape index (κ1) is 29.9. The van der Waals surface area contributed by atoms with Gasteiger partial charge in [-0.2, -0.15) is 0 Å². The van der Waals surface area contributed by atoms with Crippen molar-refractivity contribution >= 4 is 80.1 Å². The van der Waals surface area contributed by atoms with Crippen molar-refractivity contribution in [1.29, 1.82) is 0 Å². The summed E-state index contributed by atoms with van der Waals surface area (Å²) in [6, 6.07) is 68.5. The number of rotatable bonds is 6. The summed E-state index contributed by atoms with van der Waals surface area (Å²) in [6.07, 6.45) is 0. The lowest BCUT2D eigenvalue weighted by molar-refractivity contribution is 1.30. The van der Waals surface area contributed by atoms with Gasteiger partial charge in [0, 0.05) is 47.0 Å². The largest absolute Gasteiger partial charge is 0.309 e. The van der Waals surface area contributed by atoms with E-state index in [-0.39, 0.29) is 0 Å². The molecule has 240 valence electrons. The SMILES string of the molecule is c1ccc(-c2ccc(-c3ccc(N(c4ccc(-c5cccc6c5sc5ccccc56)cc4)c4cccc5c4sc4ccccc45)cc3)cc2)cc1. The normalized spacial score (nSPS) is 11.5. The fourth-order valence-corrected chi connectivity index (χ4v) is 9.83. The minimum atomic E-state index is 1.13. The Balaban J connectivity index is 1.07. The zero-order valence-electron chi connectivity index (χ0n) is 27.7. The summed E-state index contributed by atoms with van der Waals surface area (Å²) in [5, 5.41) is 5.25. The van der Waals surface area contributed by atoms with Gasteiger partial charge in [0.05, 0.1) is 10.4 Å². The zero-order chi connectivity index (χ0) is 33.7. The van der Waals surface area contributed by atoms with Gasteiger partial charge in [0.25, 0.3) is 0 Å². The van der Waals surface area contributed by atoms with E-state index in [4.69, 9.17) is 0 Å². The highest BCUT2D eigenvalue weighted by Gasteiger charge is 2.19. The molecule has 0 N–H and O–H groups in total. The van der Waals surface area contributed by atoms with Crippen LogP contribution in [0.4, 0.5) is 17.1 Å². The van der Waals surface area contributed by atoms with Crippen molar-refractivity contribution in [2.75, 3.05) is 4.90 Å². The molecule has 0 saturated heterocycles. The lowest BCUT2D eigenvalue weighted by atomic mass is 10.00. The topological polar surface area (TPSA) is 3.24 Å². The summed E-state index contributed by atoms with van der Waals surface area (Å²) in [4.78, 5) is 2.42. The minimum absolute atomic E-state index is 1.13. The molecule has 51 heavy (non-hydrogen) atoms. The molecule has 0 atom stereocenters. The molecule has 0 unspecified atom stereocenters. The van der Waals surface area contributed by atoms with E-state index < -0.39 is 0 Å². The van der Waals surface area contributed by atoms with E-state index in [2.05, 4.69) is 193 Å². The summed E-state index contributed by atoms with van der Waals surface area (Å²) in [6.45, 7) is 0. The van der Waals surface area contributed by atoms with Gasteiger partial charge in [-0.1, -0.05) is 146 Å². The Hall–Kier alpha value is -6.00.